The van der Waals surface area contributed by atoms with Crippen LogP contribution in [-0.2, 0) is 22.6 Å². The molecule has 270 valence electrons. The van der Waals surface area contributed by atoms with Gasteiger partial charge in [-0.1, -0.05) is 65.7 Å². The summed E-state index contributed by atoms with van der Waals surface area (Å²) >= 11 is 13.2. The van der Waals surface area contributed by atoms with Crippen molar-refractivity contribution in [3.8, 4) is 17.2 Å². The first-order valence-electron chi connectivity index (χ1n) is 19.0. The fourth-order valence-corrected chi connectivity index (χ4v) is 10.7. The van der Waals surface area contributed by atoms with E-state index in [4.69, 9.17) is 32.9 Å². The largest absolute Gasteiger partial charge is 0.373 e. The highest BCUT2D eigenvalue weighted by Gasteiger charge is 2.58. The van der Waals surface area contributed by atoms with Gasteiger partial charge in [0.2, 0.25) is 5.91 Å². The van der Waals surface area contributed by atoms with Gasteiger partial charge in [0.15, 0.2) is 5.82 Å². The van der Waals surface area contributed by atoms with E-state index < -0.39 is 5.82 Å². The Hall–Kier alpha value is -4.00. The first-order chi connectivity index (χ1) is 25.8. The molecule has 6 aliphatic rings. The molecule has 3 saturated carbocycles. The van der Waals surface area contributed by atoms with E-state index in [2.05, 4.69) is 39.1 Å². The average Bonchev–Trinajstić information content (AvgIpc) is 3.54. The fourth-order valence-electron chi connectivity index (χ4n) is 10.3. The van der Waals surface area contributed by atoms with Gasteiger partial charge in [-0.3, -0.25) is 4.79 Å². The molecule has 4 bridgehead atoms. The van der Waals surface area contributed by atoms with E-state index in [9.17, 15) is 10.1 Å². The van der Waals surface area contributed by atoms with Gasteiger partial charge in [-0.05, 0) is 80.7 Å². The minimum atomic E-state index is -0.464. The topological polar surface area (TPSA) is 83.2 Å². The average molecular weight is 749 g/mol. The maximum absolute atomic E-state index is 17.3. The third-order valence-corrected chi connectivity index (χ3v) is 13.7. The van der Waals surface area contributed by atoms with Crippen LogP contribution in [-0.4, -0.2) is 45.1 Å². The highest BCUT2D eigenvalue weighted by atomic mass is 35.5. The zero-order valence-electron chi connectivity index (χ0n) is 29.5. The van der Waals surface area contributed by atoms with Gasteiger partial charge in [-0.25, -0.2) is 9.37 Å². The Bertz CT molecular complexity index is 2340. The Kier molecular flexibility index (Phi) is 8.11. The van der Waals surface area contributed by atoms with Crippen LogP contribution in [0.4, 0.5) is 4.39 Å². The number of aryl methyl sites for hydroxylation is 2. The van der Waals surface area contributed by atoms with E-state index in [1.54, 1.807) is 18.2 Å². The number of hydrogen-bond donors (Lipinski definition) is 1. The number of pyridine rings is 1. The number of benzene rings is 3. The van der Waals surface area contributed by atoms with Crippen LogP contribution in [0.1, 0.15) is 73.1 Å². The Morgan fingerprint density at radius 2 is 1.91 bits per heavy atom. The second-order valence-electron chi connectivity index (χ2n) is 15.9. The van der Waals surface area contributed by atoms with Gasteiger partial charge in [-0.15, -0.1) is 0 Å². The molecule has 7 nitrogen and oxygen atoms in total. The van der Waals surface area contributed by atoms with Crippen molar-refractivity contribution in [1.82, 2.24) is 19.8 Å². The van der Waals surface area contributed by atoms with Gasteiger partial charge in [0.1, 0.15) is 5.52 Å². The zero-order valence-corrected chi connectivity index (χ0v) is 31.0. The lowest BCUT2D eigenvalue weighted by Crippen LogP contribution is -2.47. The summed E-state index contributed by atoms with van der Waals surface area (Å²) in [5.74, 6) is 0.468. The predicted octanol–water partition coefficient (Wildman–Crippen LogP) is 9.26. The van der Waals surface area contributed by atoms with Crippen molar-refractivity contribution in [3.63, 3.8) is 0 Å². The molecule has 5 aromatic rings. The molecule has 1 N–H and O–H groups in total. The molecule has 0 spiro atoms. The number of rotatable bonds is 9. The highest BCUT2D eigenvalue weighted by Crippen LogP contribution is 2.57. The molecule has 3 saturated heterocycles. The molecule has 1 unspecified atom stereocenters. The molecule has 5 heterocycles. The van der Waals surface area contributed by atoms with Crippen LogP contribution < -0.4 is 5.32 Å². The van der Waals surface area contributed by atoms with Crippen molar-refractivity contribution in [2.24, 2.45) is 17.8 Å². The molecule has 10 heteroatoms. The molecule has 7 atom stereocenters. The van der Waals surface area contributed by atoms with Gasteiger partial charge in [0.25, 0.3) is 0 Å². The van der Waals surface area contributed by atoms with Gasteiger partial charge in [0, 0.05) is 70.2 Å². The quantitative estimate of drug-likeness (QED) is 0.163. The number of piperidine rings is 1. The third-order valence-electron chi connectivity index (χ3n) is 12.8. The third kappa shape index (κ3) is 5.26. The molecular weight excluding hydrogens is 708 g/mol. The molecule has 2 aromatic heterocycles. The summed E-state index contributed by atoms with van der Waals surface area (Å²) in [6.45, 7) is 3.42. The number of nitrogens with one attached hydrogen (secondary N) is 1. The Balaban J connectivity index is 1.19. The number of amides is 1. The SMILES string of the molecule is Cc1nc2c(F)c(-c3cccc(Cl)c3Cl)c(CCC#N)cc2c2c1cc([C@H]1[C@H]3C[C@H](C[C@@H]3OCc3ccccc3)N1C(=O)C1CC1)n2C1[C@H]2CN[C@@H]1C2. The zero-order chi connectivity index (χ0) is 36.1. The number of nitriles is 1. The van der Waals surface area contributed by atoms with E-state index in [1.165, 1.54) is 0 Å². The van der Waals surface area contributed by atoms with E-state index >= 15 is 4.39 Å². The Morgan fingerprint density at radius 1 is 1.08 bits per heavy atom. The molecule has 3 aliphatic heterocycles. The van der Waals surface area contributed by atoms with Crippen molar-refractivity contribution >= 4 is 50.9 Å². The van der Waals surface area contributed by atoms with Crippen molar-refractivity contribution in [3.05, 3.63) is 99.0 Å². The van der Waals surface area contributed by atoms with E-state index in [-0.39, 0.29) is 58.9 Å². The molecule has 6 fully saturated rings. The lowest BCUT2D eigenvalue weighted by Gasteiger charge is -2.43. The Morgan fingerprint density at radius 3 is 2.64 bits per heavy atom. The van der Waals surface area contributed by atoms with E-state index in [0.717, 1.165) is 71.9 Å². The van der Waals surface area contributed by atoms with Crippen LogP contribution in [0.5, 0.6) is 0 Å². The maximum Gasteiger partial charge on any atom is 0.226 e. The number of halogens is 3. The number of ether oxygens (including phenoxy) is 1. The molecule has 1 amide bonds. The number of likely N-dealkylation sites (tertiary alicyclic amines) is 1. The van der Waals surface area contributed by atoms with Crippen molar-refractivity contribution in [1.29, 1.82) is 5.26 Å². The summed E-state index contributed by atoms with van der Waals surface area (Å²) in [5.41, 5.74) is 5.73. The summed E-state index contributed by atoms with van der Waals surface area (Å²) in [5, 5.41) is 15.7. The standard InChI is InChI=1S/C43H40Cl2FN5O2/c1-22-29-19-34(42-30-17-27(50(42)43(52)24-12-13-24)18-35(30)53-21-23-7-3-2-4-8-23)51(40-26-16-33(40)48-20-26)41(29)31-15-25(9-6-14-47)36(38(46)39(31)49-22)28-10-5-11-32(44)37(28)45/h2-5,7-8,10-11,15,19,24,26-27,30,33,35,40,42,48H,6,9,12-13,16-18,20-21H2,1H3/t26-,27-,30+,33-,35+,40?,42-/m1/s1. The number of carbonyl (C=O) groups excluding carboxylic acids is 1. The molecule has 11 rings (SSSR count). The van der Waals surface area contributed by atoms with Gasteiger partial charge in [-0.2, -0.15) is 5.26 Å². The summed E-state index contributed by atoms with van der Waals surface area (Å²) in [6.07, 6.45) is 5.33. The second kappa shape index (κ2) is 12.8. The number of fused-ring (bicyclic) bond motifs is 6. The summed E-state index contributed by atoms with van der Waals surface area (Å²) < 4.78 is 26.5. The van der Waals surface area contributed by atoms with Crippen LogP contribution >= 0.6 is 23.2 Å². The monoisotopic (exact) mass is 747 g/mol. The summed E-state index contributed by atoms with van der Waals surface area (Å²) in [7, 11) is 0. The molecule has 53 heavy (non-hydrogen) atoms. The first kappa shape index (κ1) is 33.6. The molecular formula is C43H40Cl2FN5O2. The van der Waals surface area contributed by atoms with Crippen LogP contribution in [0.15, 0.2) is 60.7 Å². The normalized spacial score (nSPS) is 27.2. The number of nitrogens with zero attached hydrogens (tertiary/aromatic N) is 4. The summed E-state index contributed by atoms with van der Waals surface area (Å²) in [6, 6.07) is 22.5. The molecule has 0 radical (unpaired) electrons. The highest BCUT2D eigenvalue weighted by molar-refractivity contribution is 6.43. The smallest absolute Gasteiger partial charge is 0.226 e. The lowest BCUT2D eigenvalue weighted by atomic mass is 9.79. The number of hydrogen-bond acceptors (Lipinski definition) is 5. The van der Waals surface area contributed by atoms with Crippen LogP contribution in [0.25, 0.3) is 32.9 Å². The van der Waals surface area contributed by atoms with Crippen molar-refractivity contribution in [2.45, 2.75) is 88.7 Å². The van der Waals surface area contributed by atoms with Crippen LogP contribution in [0.2, 0.25) is 10.0 Å². The first-order valence-corrected chi connectivity index (χ1v) is 19.8. The van der Waals surface area contributed by atoms with E-state index in [0.29, 0.717) is 46.7 Å². The molecule has 3 aliphatic carbocycles. The Labute approximate surface area is 318 Å². The van der Waals surface area contributed by atoms with Crippen LogP contribution in [0, 0.1) is 41.8 Å². The lowest BCUT2D eigenvalue weighted by molar-refractivity contribution is -0.140. The minimum Gasteiger partial charge on any atom is -0.373 e. The van der Waals surface area contributed by atoms with Crippen molar-refractivity contribution < 1.29 is 13.9 Å². The predicted molar refractivity (Wildman–Crippen MR) is 204 cm³/mol. The number of carbonyl (C=O) groups is 1. The van der Waals surface area contributed by atoms with Gasteiger partial charge < -0.3 is 19.5 Å². The van der Waals surface area contributed by atoms with Crippen LogP contribution in [0.3, 0.4) is 0 Å². The van der Waals surface area contributed by atoms with Gasteiger partial charge >= 0.3 is 0 Å². The number of aromatic nitrogens is 2. The minimum absolute atomic E-state index is 0.0205. The maximum atomic E-state index is 17.3. The molecule has 3 aromatic carbocycles. The second-order valence-corrected chi connectivity index (χ2v) is 16.7. The fraction of sp³-hybridized carbons (Fsp3) is 0.419. The van der Waals surface area contributed by atoms with Gasteiger partial charge in [0.05, 0.1) is 46.4 Å². The summed E-state index contributed by atoms with van der Waals surface area (Å²) in [4.78, 5) is 21.4. The van der Waals surface area contributed by atoms with E-state index in [1.807, 2.05) is 31.2 Å². The van der Waals surface area contributed by atoms with Crippen molar-refractivity contribution in [2.75, 3.05) is 6.54 Å².